The van der Waals surface area contributed by atoms with Gasteiger partial charge in [-0.2, -0.15) is 0 Å². The second-order valence-electron chi connectivity index (χ2n) is 4.03. The van der Waals surface area contributed by atoms with Crippen LogP contribution < -0.4 is 5.32 Å². The molecule has 1 heterocycles. The van der Waals surface area contributed by atoms with Gasteiger partial charge in [-0.05, 0) is 6.92 Å². The molecule has 0 saturated carbocycles. The molecule has 1 N–H and O–H groups in total. The van der Waals surface area contributed by atoms with Gasteiger partial charge in [-0.1, -0.05) is 0 Å². The van der Waals surface area contributed by atoms with Crippen molar-refractivity contribution < 1.29 is 18.0 Å². The van der Waals surface area contributed by atoms with Crippen molar-refractivity contribution in [3.8, 4) is 0 Å². The van der Waals surface area contributed by atoms with Gasteiger partial charge in [0.25, 0.3) is 0 Å². The summed E-state index contributed by atoms with van der Waals surface area (Å²) in [7, 11) is -3.25. The summed E-state index contributed by atoms with van der Waals surface area (Å²) in [4.78, 5) is 22.5. The number of ketones is 1. The van der Waals surface area contributed by atoms with Crippen LogP contribution in [0.4, 0.5) is 0 Å². The molecule has 6 heteroatoms. The lowest BCUT2D eigenvalue weighted by atomic mass is 9.83. The largest absolute Gasteiger partial charge is 0.349 e. The molecular formula is C8H13NO4S. The minimum absolute atomic E-state index is 0.00586. The normalized spacial score (nSPS) is 28.7. The number of sulfone groups is 1. The Labute approximate surface area is 82.8 Å². The van der Waals surface area contributed by atoms with Gasteiger partial charge in [0.05, 0.1) is 17.7 Å². The zero-order chi connectivity index (χ0) is 11.0. The summed E-state index contributed by atoms with van der Waals surface area (Å²) in [6.07, 6.45) is 1.07. The maximum atomic E-state index is 11.4. The molecule has 0 aromatic heterocycles. The van der Waals surface area contributed by atoms with E-state index in [2.05, 4.69) is 5.32 Å². The van der Waals surface area contributed by atoms with Crippen molar-refractivity contribution in [2.24, 2.45) is 5.41 Å². The predicted octanol–water partition coefficient (Wildman–Crippen LogP) is -0.874. The predicted molar refractivity (Wildman–Crippen MR) is 50.5 cm³/mol. The molecule has 0 aromatic rings. The molecule has 1 atom stereocenters. The first-order valence-corrected chi connectivity index (χ1v) is 6.27. The summed E-state index contributed by atoms with van der Waals surface area (Å²) in [5.41, 5.74) is -1.09. The topological polar surface area (TPSA) is 80.3 Å². The van der Waals surface area contributed by atoms with Crippen molar-refractivity contribution in [2.75, 3.05) is 18.6 Å². The molecule has 1 amide bonds. The van der Waals surface area contributed by atoms with Crippen molar-refractivity contribution in [3.63, 3.8) is 0 Å². The maximum absolute atomic E-state index is 11.4. The Morgan fingerprint density at radius 3 is 2.50 bits per heavy atom. The van der Waals surface area contributed by atoms with Gasteiger partial charge < -0.3 is 5.32 Å². The molecule has 1 aliphatic heterocycles. The van der Waals surface area contributed by atoms with Gasteiger partial charge >= 0.3 is 0 Å². The fraction of sp³-hybridized carbons (Fsp3) is 0.750. The van der Waals surface area contributed by atoms with Gasteiger partial charge in [0, 0.05) is 12.7 Å². The molecule has 1 saturated heterocycles. The second-order valence-corrected chi connectivity index (χ2v) is 6.17. The summed E-state index contributed by atoms with van der Waals surface area (Å²) in [6, 6.07) is 0. The van der Waals surface area contributed by atoms with Gasteiger partial charge in [-0.3, -0.25) is 9.59 Å². The number of rotatable bonds is 2. The van der Waals surface area contributed by atoms with E-state index in [1.165, 1.54) is 6.92 Å². The van der Waals surface area contributed by atoms with Crippen molar-refractivity contribution >= 4 is 21.5 Å². The molecule has 14 heavy (non-hydrogen) atoms. The van der Waals surface area contributed by atoms with Crippen LogP contribution in [0, 0.1) is 5.41 Å². The van der Waals surface area contributed by atoms with E-state index in [-0.39, 0.29) is 30.4 Å². The number of nitrogens with one attached hydrogen (secondary N) is 1. The molecule has 5 nitrogen and oxygen atoms in total. The molecule has 1 unspecified atom stereocenters. The Bertz CT molecular complexity index is 373. The third-order valence-electron chi connectivity index (χ3n) is 2.16. The van der Waals surface area contributed by atoms with Gasteiger partial charge in [-0.25, -0.2) is 8.42 Å². The average molecular weight is 219 g/mol. The van der Waals surface area contributed by atoms with Crippen LogP contribution in [0.5, 0.6) is 0 Å². The minimum Gasteiger partial charge on any atom is -0.349 e. The fourth-order valence-corrected chi connectivity index (χ4v) is 3.06. The van der Waals surface area contributed by atoms with Crippen LogP contribution in [0.2, 0.25) is 0 Å². The molecule has 0 radical (unpaired) electrons. The standard InChI is InChI=1S/C8H13NO4S/c1-8(5-14(2,12)13)3-6(10)4-9-7(8)11/h3-5H2,1-2H3,(H,9,11). The van der Waals surface area contributed by atoms with Crippen molar-refractivity contribution in [2.45, 2.75) is 13.3 Å². The highest BCUT2D eigenvalue weighted by atomic mass is 32.2. The van der Waals surface area contributed by atoms with E-state index < -0.39 is 15.3 Å². The van der Waals surface area contributed by atoms with E-state index in [0.717, 1.165) is 6.26 Å². The summed E-state index contributed by atoms with van der Waals surface area (Å²) in [5, 5.41) is 2.39. The van der Waals surface area contributed by atoms with Gasteiger partial charge in [0.1, 0.15) is 9.84 Å². The maximum Gasteiger partial charge on any atom is 0.227 e. The minimum atomic E-state index is -3.25. The molecule has 0 spiro atoms. The number of hydrogen-bond donors (Lipinski definition) is 1. The van der Waals surface area contributed by atoms with E-state index in [1.807, 2.05) is 0 Å². The lowest BCUT2D eigenvalue weighted by Gasteiger charge is -2.30. The highest BCUT2D eigenvalue weighted by Gasteiger charge is 2.41. The van der Waals surface area contributed by atoms with E-state index in [1.54, 1.807) is 0 Å². The Kier molecular flexibility index (Phi) is 2.67. The van der Waals surface area contributed by atoms with Crippen LogP contribution in [0.25, 0.3) is 0 Å². The highest BCUT2D eigenvalue weighted by Crippen LogP contribution is 2.26. The van der Waals surface area contributed by atoms with Crippen LogP contribution in [0.1, 0.15) is 13.3 Å². The van der Waals surface area contributed by atoms with E-state index in [0.29, 0.717) is 0 Å². The Morgan fingerprint density at radius 1 is 1.43 bits per heavy atom. The van der Waals surface area contributed by atoms with Crippen LogP contribution in [0.15, 0.2) is 0 Å². The number of carbonyl (C=O) groups excluding carboxylic acids is 2. The second kappa shape index (κ2) is 3.34. The summed E-state index contributed by atoms with van der Waals surface area (Å²) < 4.78 is 22.1. The zero-order valence-corrected chi connectivity index (χ0v) is 8.98. The van der Waals surface area contributed by atoms with Gasteiger partial charge in [0.15, 0.2) is 5.78 Å². The van der Waals surface area contributed by atoms with Crippen LogP contribution in [0.3, 0.4) is 0 Å². The number of amides is 1. The highest BCUT2D eigenvalue weighted by molar-refractivity contribution is 7.90. The number of Topliss-reactive ketones (excluding diaryl/α,β-unsaturated/α-hetero) is 1. The van der Waals surface area contributed by atoms with E-state index in [4.69, 9.17) is 0 Å². The van der Waals surface area contributed by atoms with E-state index in [9.17, 15) is 18.0 Å². The third-order valence-corrected chi connectivity index (χ3v) is 3.32. The molecule has 80 valence electrons. The first-order chi connectivity index (χ1) is 6.23. The van der Waals surface area contributed by atoms with Gasteiger partial charge in [0.2, 0.25) is 5.91 Å². The molecule has 0 aromatic carbocycles. The molecule has 1 rings (SSSR count). The quantitative estimate of drug-likeness (QED) is 0.654. The number of carbonyl (C=O) groups is 2. The smallest absolute Gasteiger partial charge is 0.227 e. The Balaban J connectivity index is 2.90. The van der Waals surface area contributed by atoms with Crippen LogP contribution in [-0.2, 0) is 19.4 Å². The molecule has 0 aliphatic carbocycles. The zero-order valence-electron chi connectivity index (χ0n) is 8.16. The number of piperidine rings is 1. The van der Waals surface area contributed by atoms with Crippen molar-refractivity contribution in [1.29, 1.82) is 0 Å². The molecular weight excluding hydrogens is 206 g/mol. The number of hydrogen-bond acceptors (Lipinski definition) is 4. The van der Waals surface area contributed by atoms with Crippen LogP contribution >= 0.6 is 0 Å². The average Bonchev–Trinajstić information content (AvgIpc) is 1.93. The lowest BCUT2D eigenvalue weighted by molar-refractivity contribution is -0.138. The monoisotopic (exact) mass is 219 g/mol. The van der Waals surface area contributed by atoms with Crippen molar-refractivity contribution in [3.05, 3.63) is 0 Å². The van der Waals surface area contributed by atoms with Gasteiger partial charge in [-0.15, -0.1) is 0 Å². The van der Waals surface area contributed by atoms with Crippen LogP contribution in [-0.4, -0.2) is 38.7 Å². The molecule has 1 fully saturated rings. The Hall–Kier alpha value is -0.910. The molecule has 0 bridgehead atoms. The first-order valence-electron chi connectivity index (χ1n) is 4.21. The lowest BCUT2D eigenvalue weighted by Crippen LogP contribution is -2.51. The summed E-state index contributed by atoms with van der Waals surface area (Å²) in [5.74, 6) is -0.768. The van der Waals surface area contributed by atoms with Crippen molar-refractivity contribution in [1.82, 2.24) is 5.32 Å². The summed E-state index contributed by atoms with van der Waals surface area (Å²) in [6.45, 7) is 1.51. The third kappa shape index (κ3) is 2.54. The fourth-order valence-electron chi connectivity index (χ4n) is 1.67. The first kappa shape index (κ1) is 11.2. The Morgan fingerprint density at radius 2 is 2.00 bits per heavy atom. The SMILES string of the molecule is CC1(CS(C)(=O)=O)CC(=O)CNC1=O. The summed E-state index contributed by atoms with van der Waals surface area (Å²) >= 11 is 0. The molecule has 1 aliphatic rings. The van der Waals surface area contributed by atoms with E-state index >= 15 is 0 Å².